The molecule has 4 nitrogen and oxygen atoms in total. The minimum Gasteiger partial charge on any atom is -0.349 e. The van der Waals surface area contributed by atoms with E-state index in [0.717, 1.165) is 31.5 Å². The van der Waals surface area contributed by atoms with Crippen LogP contribution in [-0.2, 0) is 9.59 Å². The van der Waals surface area contributed by atoms with Gasteiger partial charge in [0.05, 0.1) is 6.04 Å². The molecule has 2 N–H and O–H groups in total. The molecule has 1 atom stereocenters. The Kier molecular flexibility index (Phi) is 7.74. The Hall–Kier alpha value is -1.89. The lowest BCUT2D eigenvalue weighted by molar-refractivity contribution is -0.156. The molecular formula is C16H21F3N2O2. The summed E-state index contributed by atoms with van der Waals surface area (Å²) in [5.41, 5.74) is 1.16. The first-order valence-electron chi connectivity index (χ1n) is 7.42. The molecule has 1 fully saturated rings. The Morgan fingerprint density at radius 2 is 1.78 bits per heavy atom. The number of aldehydes is 1. The molecule has 1 aliphatic heterocycles. The summed E-state index contributed by atoms with van der Waals surface area (Å²) in [7, 11) is 0. The molecule has 23 heavy (non-hydrogen) atoms. The van der Waals surface area contributed by atoms with E-state index >= 15 is 0 Å². The molecule has 1 heterocycles. The second kappa shape index (κ2) is 9.29. The Morgan fingerprint density at radius 3 is 2.26 bits per heavy atom. The fourth-order valence-corrected chi connectivity index (χ4v) is 2.24. The smallest absolute Gasteiger partial charge is 0.349 e. The molecule has 0 radical (unpaired) electrons. The first-order chi connectivity index (χ1) is 10.8. The highest BCUT2D eigenvalue weighted by molar-refractivity contribution is 5.79. The maximum absolute atomic E-state index is 12.0. The predicted octanol–water partition coefficient (Wildman–Crippen LogP) is 2.61. The van der Waals surface area contributed by atoms with Crippen LogP contribution in [0.25, 0.3) is 0 Å². The SMILES string of the molecule is CC(NC(=O)C1CCNCC1)c1ccccc1.O=CC(F)(F)F. The molecule has 1 aliphatic rings. The van der Waals surface area contributed by atoms with Gasteiger partial charge in [-0.3, -0.25) is 9.59 Å². The van der Waals surface area contributed by atoms with E-state index in [-0.39, 0.29) is 17.9 Å². The third-order valence-electron chi connectivity index (χ3n) is 3.50. The molecule has 1 saturated heterocycles. The van der Waals surface area contributed by atoms with E-state index in [1.807, 2.05) is 37.3 Å². The van der Waals surface area contributed by atoms with Crippen molar-refractivity contribution in [2.24, 2.45) is 5.92 Å². The molecule has 0 aromatic heterocycles. The number of benzene rings is 1. The number of alkyl halides is 3. The summed E-state index contributed by atoms with van der Waals surface area (Å²) in [5.74, 6) is 0.380. The molecule has 1 unspecified atom stereocenters. The van der Waals surface area contributed by atoms with Crippen LogP contribution in [0.15, 0.2) is 30.3 Å². The van der Waals surface area contributed by atoms with Gasteiger partial charge in [0.2, 0.25) is 12.2 Å². The molecule has 1 aromatic rings. The van der Waals surface area contributed by atoms with Gasteiger partial charge in [-0.25, -0.2) is 0 Å². The second-order valence-electron chi connectivity index (χ2n) is 5.32. The molecule has 0 bridgehead atoms. The maximum Gasteiger partial charge on any atom is 0.446 e. The number of carbonyl (C=O) groups excluding carboxylic acids is 2. The van der Waals surface area contributed by atoms with Gasteiger partial charge in [0.15, 0.2) is 0 Å². The van der Waals surface area contributed by atoms with Crippen molar-refractivity contribution in [3.05, 3.63) is 35.9 Å². The summed E-state index contributed by atoms with van der Waals surface area (Å²) in [6, 6.07) is 10.2. The van der Waals surface area contributed by atoms with E-state index < -0.39 is 12.5 Å². The molecule has 1 aromatic carbocycles. The lowest BCUT2D eigenvalue weighted by Gasteiger charge is -2.24. The molecular weight excluding hydrogens is 309 g/mol. The van der Waals surface area contributed by atoms with Crippen molar-refractivity contribution < 1.29 is 22.8 Å². The van der Waals surface area contributed by atoms with E-state index in [9.17, 15) is 18.0 Å². The van der Waals surface area contributed by atoms with Gasteiger partial charge in [-0.1, -0.05) is 30.3 Å². The van der Waals surface area contributed by atoms with Crippen LogP contribution in [0.4, 0.5) is 13.2 Å². The number of carbonyl (C=O) groups is 2. The zero-order valence-electron chi connectivity index (χ0n) is 12.9. The quantitative estimate of drug-likeness (QED) is 0.838. The Morgan fingerprint density at radius 1 is 1.26 bits per heavy atom. The van der Waals surface area contributed by atoms with Gasteiger partial charge in [-0.2, -0.15) is 13.2 Å². The van der Waals surface area contributed by atoms with E-state index in [1.165, 1.54) is 0 Å². The predicted molar refractivity (Wildman–Crippen MR) is 80.7 cm³/mol. The number of piperidine rings is 1. The average molecular weight is 330 g/mol. The average Bonchev–Trinajstić information content (AvgIpc) is 2.56. The second-order valence-corrected chi connectivity index (χ2v) is 5.32. The molecule has 1 amide bonds. The van der Waals surface area contributed by atoms with Crippen molar-refractivity contribution in [1.29, 1.82) is 0 Å². The minimum absolute atomic E-state index is 0.0959. The van der Waals surface area contributed by atoms with Crippen molar-refractivity contribution in [3.63, 3.8) is 0 Å². The van der Waals surface area contributed by atoms with Crippen molar-refractivity contribution in [1.82, 2.24) is 10.6 Å². The maximum atomic E-state index is 12.0. The molecule has 0 saturated carbocycles. The molecule has 128 valence electrons. The summed E-state index contributed by atoms with van der Waals surface area (Å²) in [6.07, 6.45) is -3.80. The monoisotopic (exact) mass is 330 g/mol. The third kappa shape index (κ3) is 7.78. The van der Waals surface area contributed by atoms with Crippen LogP contribution in [0.1, 0.15) is 31.4 Å². The van der Waals surface area contributed by atoms with Gasteiger partial charge in [0, 0.05) is 5.92 Å². The number of halogens is 3. The van der Waals surface area contributed by atoms with Crippen molar-refractivity contribution in [2.45, 2.75) is 32.0 Å². The van der Waals surface area contributed by atoms with Crippen LogP contribution in [0.2, 0.25) is 0 Å². The highest BCUT2D eigenvalue weighted by Crippen LogP contribution is 2.16. The highest BCUT2D eigenvalue weighted by Gasteiger charge is 2.25. The summed E-state index contributed by atoms with van der Waals surface area (Å²) in [5, 5.41) is 6.37. The number of nitrogens with one attached hydrogen (secondary N) is 2. The Bertz CT molecular complexity index is 486. The van der Waals surface area contributed by atoms with Crippen molar-refractivity contribution in [3.8, 4) is 0 Å². The van der Waals surface area contributed by atoms with Crippen LogP contribution < -0.4 is 10.6 Å². The molecule has 0 aliphatic carbocycles. The van der Waals surface area contributed by atoms with Gasteiger partial charge < -0.3 is 10.6 Å². The Labute approximate surface area is 133 Å². The van der Waals surface area contributed by atoms with Gasteiger partial charge in [0.25, 0.3) is 0 Å². The van der Waals surface area contributed by atoms with E-state index in [1.54, 1.807) is 0 Å². The first kappa shape index (κ1) is 19.2. The van der Waals surface area contributed by atoms with Crippen LogP contribution in [0.5, 0.6) is 0 Å². The van der Waals surface area contributed by atoms with Crippen LogP contribution >= 0.6 is 0 Å². The fraction of sp³-hybridized carbons (Fsp3) is 0.500. The largest absolute Gasteiger partial charge is 0.446 e. The van der Waals surface area contributed by atoms with Crippen molar-refractivity contribution in [2.75, 3.05) is 13.1 Å². The normalized spacial score (nSPS) is 16.7. The van der Waals surface area contributed by atoms with Crippen LogP contribution in [0.3, 0.4) is 0 Å². The molecule has 2 rings (SSSR count). The topological polar surface area (TPSA) is 58.2 Å². The first-order valence-corrected chi connectivity index (χ1v) is 7.42. The van der Waals surface area contributed by atoms with Gasteiger partial charge >= 0.3 is 6.18 Å². The number of amides is 1. The van der Waals surface area contributed by atoms with E-state index in [0.29, 0.717) is 0 Å². The number of rotatable bonds is 3. The lowest BCUT2D eigenvalue weighted by Crippen LogP contribution is -2.39. The van der Waals surface area contributed by atoms with Gasteiger partial charge in [-0.15, -0.1) is 0 Å². The van der Waals surface area contributed by atoms with Crippen LogP contribution in [0, 0.1) is 5.92 Å². The number of hydrogen-bond acceptors (Lipinski definition) is 3. The van der Waals surface area contributed by atoms with Gasteiger partial charge in [0.1, 0.15) is 0 Å². The molecule has 7 heteroatoms. The van der Waals surface area contributed by atoms with Crippen LogP contribution in [-0.4, -0.2) is 31.5 Å². The Balaban J connectivity index is 0.000000379. The standard InChI is InChI=1S/C14H20N2O.C2HF3O/c1-11(12-5-3-2-4-6-12)16-14(17)13-7-9-15-10-8-13;3-2(4,5)1-6/h2-6,11,13,15H,7-10H2,1H3,(H,16,17);1H. The van der Waals surface area contributed by atoms with Crippen molar-refractivity contribution >= 4 is 12.2 Å². The zero-order chi connectivity index (χ0) is 17.3. The summed E-state index contributed by atoms with van der Waals surface area (Å²) in [4.78, 5) is 20.7. The van der Waals surface area contributed by atoms with Gasteiger partial charge in [-0.05, 0) is 38.4 Å². The third-order valence-corrected chi connectivity index (χ3v) is 3.50. The minimum atomic E-state index is -4.64. The zero-order valence-corrected chi connectivity index (χ0v) is 12.9. The summed E-state index contributed by atoms with van der Waals surface area (Å²) < 4.78 is 31.2. The lowest BCUT2D eigenvalue weighted by atomic mass is 9.96. The van der Waals surface area contributed by atoms with E-state index in [4.69, 9.17) is 4.79 Å². The number of hydrogen-bond donors (Lipinski definition) is 2. The highest BCUT2D eigenvalue weighted by atomic mass is 19.4. The summed E-state index contributed by atoms with van der Waals surface area (Å²) in [6.45, 7) is 3.95. The molecule has 0 spiro atoms. The fourth-order valence-electron chi connectivity index (χ4n) is 2.24. The van der Waals surface area contributed by atoms with E-state index in [2.05, 4.69) is 10.6 Å². The summed E-state index contributed by atoms with van der Waals surface area (Å²) >= 11 is 0.